The number of carbonyl (C=O) groups excluding carboxylic acids is 1. The van der Waals surface area contributed by atoms with Crippen molar-refractivity contribution in [3.05, 3.63) is 192 Å². The Balaban J connectivity index is 1.38. The van der Waals surface area contributed by atoms with Crippen LogP contribution in [0.5, 0.6) is 0 Å². The third kappa shape index (κ3) is 8.63. The average Bonchev–Trinajstić information content (AvgIpc) is 3.20. The zero-order valence-electron chi connectivity index (χ0n) is 28.3. The van der Waals surface area contributed by atoms with Crippen molar-refractivity contribution in [3.8, 4) is 0 Å². The van der Waals surface area contributed by atoms with Crippen molar-refractivity contribution in [1.82, 2.24) is 5.32 Å². The van der Waals surface area contributed by atoms with Crippen LogP contribution in [0.1, 0.15) is 27.8 Å². The normalized spacial score (nSPS) is 20.3. The molecule has 0 aromatic heterocycles. The van der Waals surface area contributed by atoms with E-state index in [1.54, 1.807) is 6.08 Å². The highest BCUT2D eigenvalue weighted by Gasteiger charge is 2.50. The third-order valence-electron chi connectivity index (χ3n) is 8.85. The fourth-order valence-electron chi connectivity index (χ4n) is 6.44. The summed E-state index contributed by atoms with van der Waals surface area (Å²) < 4.78 is 32.2. The van der Waals surface area contributed by atoms with Crippen LogP contribution < -0.4 is 5.32 Å². The van der Waals surface area contributed by atoms with Crippen LogP contribution in [0.3, 0.4) is 0 Å². The fraction of sp³-hybridized carbons (Fsp3) is 0.233. The van der Waals surface area contributed by atoms with Crippen molar-refractivity contribution in [1.29, 1.82) is 0 Å². The second-order valence-corrected chi connectivity index (χ2v) is 12.2. The van der Waals surface area contributed by atoms with E-state index >= 15 is 0 Å². The van der Waals surface area contributed by atoms with E-state index in [0.717, 1.165) is 27.8 Å². The molecule has 8 nitrogen and oxygen atoms in total. The van der Waals surface area contributed by atoms with Crippen molar-refractivity contribution in [2.24, 2.45) is 0 Å². The molecular weight excluding hydrogens is 642 g/mol. The molecule has 0 radical (unpaired) electrons. The molecule has 262 valence electrons. The highest BCUT2D eigenvalue weighted by atomic mass is 16.7. The lowest BCUT2D eigenvalue weighted by Gasteiger charge is -2.46. The second kappa shape index (κ2) is 17.7. The van der Waals surface area contributed by atoms with Gasteiger partial charge in [0.25, 0.3) is 0 Å². The molecule has 0 spiro atoms. The van der Waals surface area contributed by atoms with Gasteiger partial charge >= 0.3 is 6.09 Å². The summed E-state index contributed by atoms with van der Waals surface area (Å²) in [5.41, 5.74) is 2.82. The molecule has 2 N–H and O–H groups in total. The monoisotopic (exact) mass is 685 g/mol. The van der Waals surface area contributed by atoms with Crippen molar-refractivity contribution in [2.75, 3.05) is 13.2 Å². The van der Waals surface area contributed by atoms with Crippen LogP contribution in [0.15, 0.2) is 164 Å². The average molecular weight is 686 g/mol. The van der Waals surface area contributed by atoms with Crippen molar-refractivity contribution < 1.29 is 33.6 Å². The lowest BCUT2D eigenvalue weighted by Crippen LogP contribution is -2.66. The van der Waals surface area contributed by atoms with E-state index in [2.05, 4.69) is 11.9 Å². The molecule has 1 aliphatic heterocycles. The summed E-state index contributed by atoms with van der Waals surface area (Å²) in [6.45, 7) is 3.99. The van der Waals surface area contributed by atoms with Gasteiger partial charge < -0.3 is 34.1 Å². The van der Waals surface area contributed by atoms with Gasteiger partial charge in [-0.3, -0.25) is 0 Å². The van der Waals surface area contributed by atoms with E-state index in [1.807, 2.05) is 152 Å². The Bertz CT molecular complexity index is 1680. The number of rotatable bonds is 15. The lowest BCUT2D eigenvalue weighted by molar-refractivity contribution is -0.285. The van der Waals surface area contributed by atoms with E-state index in [1.165, 1.54) is 0 Å². The molecule has 5 aromatic rings. The van der Waals surface area contributed by atoms with Crippen molar-refractivity contribution in [3.63, 3.8) is 0 Å². The summed E-state index contributed by atoms with van der Waals surface area (Å²) in [5.74, 6) is 0. The van der Waals surface area contributed by atoms with E-state index in [4.69, 9.17) is 23.7 Å². The zero-order chi connectivity index (χ0) is 35.3. The van der Waals surface area contributed by atoms with Gasteiger partial charge in [0.2, 0.25) is 0 Å². The highest BCUT2D eigenvalue weighted by molar-refractivity contribution is 5.70. The summed E-state index contributed by atoms with van der Waals surface area (Å²) in [5, 5.41) is 13.6. The van der Waals surface area contributed by atoms with Gasteiger partial charge in [0.1, 0.15) is 24.4 Å². The van der Waals surface area contributed by atoms with E-state index < -0.39 is 42.3 Å². The number of aliphatic hydroxyl groups excluding tert-OH is 1. The standard InChI is InChI=1S/C43H43NO7/c1-2-28-47-41-38(40(49-31-33-20-10-4-11-21-33)39(37(29-45)50-41)48-30-32-18-8-3-9-19-32)44-42(46)51-43(34-22-12-5-13-23-34,35-24-14-6-15-25-35)36-26-16-7-17-27-36/h2-27,37-41,45H,1,28-31H2,(H,44,46)/t37-,38-,39-,40-,41+/m1/s1. The third-order valence-corrected chi connectivity index (χ3v) is 8.85. The number of amides is 1. The Labute approximate surface area is 299 Å². The molecule has 1 saturated heterocycles. The van der Waals surface area contributed by atoms with Crippen LogP contribution in [-0.4, -0.2) is 55.1 Å². The van der Waals surface area contributed by atoms with Gasteiger partial charge in [0.15, 0.2) is 11.9 Å². The first kappa shape index (κ1) is 35.7. The van der Waals surface area contributed by atoms with E-state index in [0.29, 0.717) is 0 Å². The van der Waals surface area contributed by atoms with E-state index in [-0.39, 0.29) is 26.4 Å². The van der Waals surface area contributed by atoms with E-state index in [9.17, 15) is 9.90 Å². The molecule has 0 unspecified atom stereocenters. The summed E-state index contributed by atoms with van der Waals surface area (Å²) in [4.78, 5) is 14.5. The largest absolute Gasteiger partial charge is 0.428 e. The zero-order valence-corrected chi connectivity index (χ0v) is 28.3. The molecule has 6 rings (SSSR count). The number of hydrogen-bond donors (Lipinski definition) is 2. The Morgan fingerprint density at radius 1 is 0.667 bits per heavy atom. The first-order valence-corrected chi connectivity index (χ1v) is 17.1. The van der Waals surface area contributed by atoms with Gasteiger partial charge in [-0.25, -0.2) is 4.79 Å². The molecule has 0 saturated carbocycles. The number of ether oxygens (including phenoxy) is 5. The van der Waals surface area contributed by atoms with Gasteiger partial charge in [-0.15, -0.1) is 6.58 Å². The smallest absolute Gasteiger partial charge is 0.409 e. The summed E-state index contributed by atoms with van der Waals surface area (Å²) in [6, 6.07) is 47.4. The molecule has 0 bridgehead atoms. The van der Waals surface area contributed by atoms with Gasteiger partial charge in [0, 0.05) is 16.7 Å². The van der Waals surface area contributed by atoms with Gasteiger partial charge in [-0.1, -0.05) is 158 Å². The minimum atomic E-state index is -1.32. The summed E-state index contributed by atoms with van der Waals surface area (Å²) in [7, 11) is 0. The van der Waals surface area contributed by atoms with Crippen LogP contribution in [0, 0.1) is 0 Å². The predicted octanol–water partition coefficient (Wildman–Crippen LogP) is 7.16. The van der Waals surface area contributed by atoms with Crippen LogP contribution in [0.4, 0.5) is 4.79 Å². The highest BCUT2D eigenvalue weighted by Crippen LogP contribution is 2.41. The molecule has 1 aliphatic rings. The van der Waals surface area contributed by atoms with Crippen LogP contribution in [0.2, 0.25) is 0 Å². The molecule has 51 heavy (non-hydrogen) atoms. The Morgan fingerprint density at radius 3 is 1.53 bits per heavy atom. The number of carbonyl (C=O) groups is 1. The first-order chi connectivity index (χ1) is 25.1. The molecule has 1 fully saturated rings. The Morgan fingerprint density at radius 2 is 1.10 bits per heavy atom. The Kier molecular flexibility index (Phi) is 12.4. The number of aliphatic hydroxyl groups is 1. The number of nitrogens with one attached hydrogen (secondary N) is 1. The lowest BCUT2D eigenvalue weighted by atomic mass is 9.80. The van der Waals surface area contributed by atoms with Gasteiger partial charge in [-0.05, 0) is 11.1 Å². The fourth-order valence-corrected chi connectivity index (χ4v) is 6.44. The minimum Gasteiger partial charge on any atom is -0.428 e. The maximum atomic E-state index is 14.5. The predicted molar refractivity (Wildman–Crippen MR) is 195 cm³/mol. The molecule has 5 atom stereocenters. The van der Waals surface area contributed by atoms with Crippen molar-refractivity contribution >= 4 is 6.09 Å². The molecule has 1 heterocycles. The number of hydrogen-bond acceptors (Lipinski definition) is 7. The molecule has 0 aliphatic carbocycles. The molecule has 8 heteroatoms. The Hall–Kier alpha value is -5.09. The van der Waals surface area contributed by atoms with Crippen molar-refractivity contribution in [2.45, 2.75) is 49.5 Å². The number of alkyl carbamates (subject to hydrolysis) is 1. The SMILES string of the molecule is C=CCO[C@H]1O[C@H](CO)[C@@H](OCc2ccccc2)[C@H](OCc2ccccc2)[C@H]1NC(=O)OC(c1ccccc1)(c1ccccc1)c1ccccc1. The number of benzene rings is 5. The molecular formula is C43H43NO7. The van der Waals surface area contributed by atoms with Gasteiger partial charge in [-0.2, -0.15) is 0 Å². The quantitative estimate of drug-likeness (QED) is 0.0892. The van der Waals surface area contributed by atoms with Gasteiger partial charge in [0.05, 0.1) is 26.4 Å². The second-order valence-electron chi connectivity index (χ2n) is 12.2. The molecule has 5 aromatic carbocycles. The van der Waals surface area contributed by atoms with Crippen LogP contribution in [0.25, 0.3) is 0 Å². The van der Waals surface area contributed by atoms with Crippen LogP contribution >= 0.6 is 0 Å². The maximum Gasteiger partial charge on any atom is 0.409 e. The topological polar surface area (TPSA) is 95.5 Å². The van der Waals surface area contributed by atoms with Crippen LogP contribution in [-0.2, 0) is 42.5 Å². The first-order valence-electron chi connectivity index (χ1n) is 17.1. The summed E-state index contributed by atoms with van der Waals surface area (Å²) in [6.07, 6.45) is -2.63. The summed E-state index contributed by atoms with van der Waals surface area (Å²) >= 11 is 0. The minimum absolute atomic E-state index is 0.124. The molecule has 1 amide bonds. The maximum absolute atomic E-state index is 14.5.